The Morgan fingerprint density at radius 3 is 2.45 bits per heavy atom. The van der Waals surface area contributed by atoms with Crippen molar-refractivity contribution in [1.82, 2.24) is 34.9 Å². The number of piperidine rings is 2. The predicted octanol–water partition coefficient (Wildman–Crippen LogP) is 3.87. The average Bonchev–Trinajstić information content (AvgIpc) is 3.77. The van der Waals surface area contributed by atoms with Gasteiger partial charge in [-0.3, -0.25) is 43.9 Å². The van der Waals surface area contributed by atoms with Gasteiger partial charge in [0.25, 0.3) is 11.8 Å². The Bertz CT molecular complexity index is 1990. The minimum absolute atomic E-state index is 0.0778. The average molecular weight is 661 g/mol. The number of amides is 5. The van der Waals surface area contributed by atoms with Crippen LogP contribution >= 0.6 is 0 Å². The Morgan fingerprint density at radius 1 is 0.878 bits per heavy atom. The van der Waals surface area contributed by atoms with Crippen molar-refractivity contribution in [2.45, 2.75) is 82.0 Å². The molecule has 13 heteroatoms. The summed E-state index contributed by atoms with van der Waals surface area (Å²) in [4.78, 5) is 75.7. The molecule has 3 unspecified atom stereocenters. The number of hydrogen-bond donors (Lipinski definition) is 2. The zero-order valence-corrected chi connectivity index (χ0v) is 26.9. The minimum Gasteiger partial charge on any atom is -0.385 e. The summed E-state index contributed by atoms with van der Waals surface area (Å²) < 4.78 is 2.04. The normalized spacial score (nSPS) is 23.3. The molecule has 0 aliphatic carbocycles. The highest BCUT2D eigenvalue weighted by Gasteiger charge is 2.45. The lowest BCUT2D eigenvalue weighted by Crippen LogP contribution is -2.54. The number of nitrogens with one attached hydrogen (secondary N) is 2. The van der Waals surface area contributed by atoms with Crippen LogP contribution in [-0.2, 0) is 14.4 Å². The van der Waals surface area contributed by atoms with E-state index in [1.807, 2.05) is 35.1 Å². The van der Waals surface area contributed by atoms with Gasteiger partial charge in [-0.1, -0.05) is 12.1 Å². The van der Waals surface area contributed by atoms with Gasteiger partial charge in [0.15, 0.2) is 0 Å². The summed E-state index contributed by atoms with van der Waals surface area (Å²) in [5.74, 6) is -1.89. The standard InChI is InChI=1S/C36H36N8O5/c45-32-13-12-31(34(47)41-32)44-35(48)26-11-8-22(15-27(26)36(44)49)37-14-4-3-7-33(46)43-23-9-10-24(43)17-25(16-23)42-20-21(18-39-42)30-19-38-28-5-1-2-6-29(28)40-30/h1-2,5-6,8,11,15,18-20,23-25,31,37H,3-4,7,9-10,12-14,16-17H2,(H,41,45,47). The quantitative estimate of drug-likeness (QED) is 0.201. The largest absolute Gasteiger partial charge is 0.385 e. The number of unbranched alkanes of at least 4 members (excludes halogenated alkanes) is 1. The van der Waals surface area contributed by atoms with Crippen LogP contribution in [0.1, 0.15) is 84.5 Å². The van der Waals surface area contributed by atoms with Crippen LogP contribution in [0.25, 0.3) is 22.3 Å². The molecule has 13 nitrogen and oxygen atoms in total. The van der Waals surface area contributed by atoms with Crippen molar-refractivity contribution in [1.29, 1.82) is 0 Å². The van der Waals surface area contributed by atoms with E-state index in [-0.39, 0.29) is 48.0 Å². The molecular formula is C36H36N8O5. The van der Waals surface area contributed by atoms with Crippen LogP contribution in [0.3, 0.4) is 0 Å². The zero-order valence-electron chi connectivity index (χ0n) is 26.9. The summed E-state index contributed by atoms with van der Waals surface area (Å²) >= 11 is 0. The maximum atomic E-state index is 13.4. The molecule has 2 aromatic heterocycles. The van der Waals surface area contributed by atoms with Gasteiger partial charge in [0.2, 0.25) is 17.7 Å². The second-order valence-corrected chi connectivity index (χ2v) is 13.4. The first kappa shape index (κ1) is 30.8. The van der Waals surface area contributed by atoms with Crippen LogP contribution < -0.4 is 10.6 Å². The van der Waals surface area contributed by atoms with Crippen LogP contribution in [0.2, 0.25) is 0 Å². The summed E-state index contributed by atoms with van der Waals surface area (Å²) in [5.41, 5.74) is 4.62. The third-order valence-corrected chi connectivity index (χ3v) is 10.3. The first-order chi connectivity index (χ1) is 23.8. The maximum absolute atomic E-state index is 13.4. The van der Waals surface area contributed by atoms with E-state index in [2.05, 4.69) is 31.8 Å². The van der Waals surface area contributed by atoms with Gasteiger partial charge in [-0.2, -0.15) is 5.10 Å². The summed E-state index contributed by atoms with van der Waals surface area (Å²) in [6.07, 6.45) is 11.6. The molecule has 2 aromatic carbocycles. The van der Waals surface area contributed by atoms with E-state index in [0.717, 1.165) is 65.7 Å². The van der Waals surface area contributed by atoms with Gasteiger partial charge in [-0.15, -0.1) is 0 Å². The first-order valence-corrected chi connectivity index (χ1v) is 17.0. The van der Waals surface area contributed by atoms with E-state index in [1.165, 1.54) is 0 Å². The van der Waals surface area contributed by atoms with Crippen LogP contribution in [0.5, 0.6) is 0 Å². The van der Waals surface area contributed by atoms with Crippen molar-refractivity contribution in [2.24, 2.45) is 0 Å². The SMILES string of the molecule is O=C1CCC(N2C(=O)c3ccc(NCCCCC(=O)N4C5CCC4CC(n4cc(-c6cnc7ccccc7n6)cn4)C5)cc3C2=O)C(=O)N1. The number of carbonyl (C=O) groups is 5. The summed E-state index contributed by atoms with van der Waals surface area (Å²) in [6, 6.07) is 12.5. The smallest absolute Gasteiger partial charge is 0.262 e. The molecule has 0 spiro atoms. The molecule has 0 saturated carbocycles. The number of nitrogens with zero attached hydrogens (tertiary/aromatic N) is 6. The molecular weight excluding hydrogens is 624 g/mol. The third-order valence-electron chi connectivity index (χ3n) is 10.3. The van der Waals surface area contributed by atoms with Crippen molar-refractivity contribution in [2.75, 3.05) is 11.9 Å². The Balaban J connectivity index is 0.817. The highest BCUT2D eigenvalue weighted by Crippen LogP contribution is 2.41. The highest BCUT2D eigenvalue weighted by molar-refractivity contribution is 6.23. The van der Waals surface area contributed by atoms with E-state index in [9.17, 15) is 24.0 Å². The summed E-state index contributed by atoms with van der Waals surface area (Å²) in [5, 5.41) is 10.2. The molecule has 3 fully saturated rings. The van der Waals surface area contributed by atoms with E-state index < -0.39 is 29.7 Å². The number of imide groups is 2. The Kier molecular flexibility index (Phi) is 7.89. The maximum Gasteiger partial charge on any atom is 0.262 e. The fourth-order valence-corrected chi connectivity index (χ4v) is 7.88. The summed E-state index contributed by atoms with van der Waals surface area (Å²) in [7, 11) is 0. The number of benzene rings is 2. The fraction of sp³-hybridized carbons (Fsp3) is 0.389. The molecule has 3 atom stereocenters. The van der Waals surface area contributed by atoms with Crippen molar-refractivity contribution in [3.05, 3.63) is 72.2 Å². The van der Waals surface area contributed by atoms with Crippen LogP contribution in [0, 0.1) is 0 Å². The van der Waals surface area contributed by atoms with Crippen molar-refractivity contribution < 1.29 is 24.0 Å². The number of hydrogen-bond acceptors (Lipinski definition) is 9. The van der Waals surface area contributed by atoms with E-state index in [0.29, 0.717) is 18.7 Å². The molecule has 250 valence electrons. The van der Waals surface area contributed by atoms with Gasteiger partial charge < -0.3 is 10.2 Å². The predicted molar refractivity (Wildman–Crippen MR) is 178 cm³/mol. The van der Waals surface area contributed by atoms with Gasteiger partial charge >= 0.3 is 0 Å². The molecule has 2 N–H and O–H groups in total. The number of para-hydroxylation sites is 2. The second kappa shape index (κ2) is 12.5. The molecule has 4 aromatic rings. The van der Waals surface area contributed by atoms with Gasteiger partial charge in [0.05, 0.1) is 46.3 Å². The topological polar surface area (TPSA) is 159 Å². The fourth-order valence-electron chi connectivity index (χ4n) is 7.88. The number of anilines is 1. The minimum atomic E-state index is -0.991. The lowest BCUT2D eigenvalue weighted by atomic mass is 9.96. The Labute approximate surface area is 282 Å². The van der Waals surface area contributed by atoms with Crippen LogP contribution in [-0.4, -0.2) is 83.8 Å². The first-order valence-electron chi connectivity index (χ1n) is 17.0. The molecule has 5 amide bonds. The number of fused-ring (bicyclic) bond motifs is 4. The van der Waals surface area contributed by atoms with E-state index in [4.69, 9.17) is 4.98 Å². The molecule has 3 saturated heterocycles. The highest BCUT2D eigenvalue weighted by atomic mass is 16.2. The summed E-state index contributed by atoms with van der Waals surface area (Å²) in [6.45, 7) is 0.600. The monoisotopic (exact) mass is 660 g/mol. The molecule has 4 aliphatic rings. The second-order valence-electron chi connectivity index (χ2n) is 13.4. The Morgan fingerprint density at radius 2 is 1.65 bits per heavy atom. The van der Waals surface area contributed by atoms with Crippen molar-refractivity contribution >= 4 is 46.3 Å². The van der Waals surface area contributed by atoms with E-state index in [1.54, 1.807) is 24.4 Å². The molecule has 0 radical (unpaired) electrons. The Hall–Kier alpha value is -5.46. The lowest BCUT2D eigenvalue weighted by Gasteiger charge is -2.39. The van der Waals surface area contributed by atoms with Crippen molar-refractivity contribution in [3.63, 3.8) is 0 Å². The van der Waals surface area contributed by atoms with Crippen LogP contribution in [0.4, 0.5) is 5.69 Å². The zero-order chi connectivity index (χ0) is 33.6. The molecule has 8 rings (SSSR count). The van der Waals surface area contributed by atoms with Crippen molar-refractivity contribution in [3.8, 4) is 11.3 Å². The molecule has 6 heterocycles. The van der Waals surface area contributed by atoms with Gasteiger partial charge in [0.1, 0.15) is 6.04 Å². The number of rotatable bonds is 9. The van der Waals surface area contributed by atoms with Gasteiger partial charge in [-0.25, -0.2) is 4.98 Å². The molecule has 49 heavy (non-hydrogen) atoms. The van der Waals surface area contributed by atoms with Gasteiger partial charge in [0, 0.05) is 48.9 Å². The molecule has 4 aliphatic heterocycles. The van der Waals surface area contributed by atoms with E-state index >= 15 is 0 Å². The molecule has 2 bridgehead atoms. The lowest BCUT2D eigenvalue weighted by molar-refractivity contribution is -0.137. The third kappa shape index (κ3) is 5.72. The van der Waals surface area contributed by atoms with Crippen LogP contribution in [0.15, 0.2) is 61.1 Å². The number of aromatic nitrogens is 4. The number of carbonyl (C=O) groups excluding carboxylic acids is 5. The van der Waals surface area contributed by atoms with Gasteiger partial charge in [-0.05, 0) is 75.3 Å².